The highest BCUT2D eigenvalue weighted by Crippen LogP contribution is 2.32. The maximum atomic E-state index is 13.4. The number of pyridine rings is 1. The molecule has 6 rings (SSSR count). The summed E-state index contributed by atoms with van der Waals surface area (Å²) in [7, 11) is -3.91. The minimum atomic E-state index is -3.91. The lowest BCUT2D eigenvalue weighted by Crippen LogP contribution is -2.47. The van der Waals surface area contributed by atoms with Crippen LogP contribution in [0.3, 0.4) is 0 Å². The van der Waals surface area contributed by atoms with Crippen LogP contribution in [-0.2, 0) is 9.84 Å². The van der Waals surface area contributed by atoms with Gasteiger partial charge in [0.05, 0.1) is 10.4 Å². The molecule has 0 N–H and O–H groups in total. The van der Waals surface area contributed by atoms with Gasteiger partial charge in [0, 0.05) is 42.8 Å². The second-order valence-electron chi connectivity index (χ2n) is 8.21. The van der Waals surface area contributed by atoms with Crippen molar-refractivity contribution in [3.05, 3.63) is 77.9 Å². The third-order valence-electron chi connectivity index (χ3n) is 6.12. The molecule has 1 aliphatic rings. The third-order valence-corrected chi connectivity index (χ3v) is 8.02. The van der Waals surface area contributed by atoms with Crippen LogP contribution in [-0.4, -0.2) is 59.4 Å². The number of hydrogen-bond acceptors (Lipinski definition) is 8. The highest BCUT2D eigenvalue weighted by molar-refractivity contribution is 7.91. The molecule has 1 aliphatic heterocycles. The molecule has 4 heterocycles. The van der Waals surface area contributed by atoms with Crippen molar-refractivity contribution in [1.29, 1.82) is 0 Å². The summed E-state index contributed by atoms with van der Waals surface area (Å²) >= 11 is 6.34. The first kappa shape index (κ1) is 21.8. The molecule has 0 bridgehead atoms. The molecule has 5 aromatic rings. The number of anilines is 2. The minimum Gasteiger partial charge on any atom is -0.353 e. The topological polar surface area (TPSA) is 96.6 Å². The van der Waals surface area contributed by atoms with Crippen molar-refractivity contribution in [2.75, 3.05) is 36.0 Å². The smallest absolute Gasteiger partial charge is 0.229 e. The van der Waals surface area contributed by atoms with E-state index in [1.807, 2.05) is 30.3 Å². The number of rotatable bonds is 4. The summed E-state index contributed by atoms with van der Waals surface area (Å²) in [5, 5.41) is 9.37. The van der Waals surface area contributed by atoms with Crippen LogP contribution in [0.4, 0.5) is 11.6 Å². The van der Waals surface area contributed by atoms with Crippen LogP contribution in [0, 0.1) is 0 Å². The van der Waals surface area contributed by atoms with Crippen molar-refractivity contribution >= 4 is 49.6 Å². The van der Waals surface area contributed by atoms with Crippen molar-refractivity contribution < 1.29 is 8.42 Å². The Balaban J connectivity index is 1.46. The number of piperazine rings is 1. The Morgan fingerprint density at radius 1 is 0.857 bits per heavy atom. The molecule has 0 amide bonds. The summed E-state index contributed by atoms with van der Waals surface area (Å²) in [6.45, 7) is 2.87. The molecule has 0 unspecified atom stereocenters. The fraction of sp³-hybridized carbons (Fsp3) is 0.167. The number of fused-ring (bicyclic) bond motifs is 3. The zero-order valence-electron chi connectivity index (χ0n) is 18.5. The van der Waals surface area contributed by atoms with E-state index in [4.69, 9.17) is 16.6 Å². The van der Waals surface area contributed by atoms with E-state index < -0.39 is 9.84 Å². The minimum absolute atomic E-state index is 0.144. The van der Waals surface area contributed by atoms with Crippen molar-refractivity contribution in [1.82, 2.24) is 24.8 Å². The van der Waals surface area contributed by atoms with Gasteiger partial charge in [0.25, 0.3) is 0 Å². The van der Waals surface area contributed by atoms with Gasteiger partial charge in [-0.25, -0.2) is 18.4 Å². The Morgan fingerprint density at radius 3 is 2.34 bits per heavy atom. The first-order valence-corrected chi connectivity index (χ1v) is 12.9. The van der Waals surface area contributed by atoms with Gasteiger partial charge in [-0.15, -0.1) is 5.10 Å². The molecule has 9 nitrogen and oxygen atoms in total. The predicted octanol–water partition coefficient (Wildman–Crippen LogP) is 3.49. The molecule has 0 saturated carbocycles. The maximum Gasteiger partial charge on any atom is 0.229 e. The lowest BCUT2D eigenvalue weighted by atomic mass is 10.2. The molecule has 35 heavy (non-hydrogen) atoms. The molecule has 1 fully saturated rings. The van der Waals surface area contributed by atoms with Gasteiger partial charge in [0.15, 0.2) is 5.65 Å². The average Bonchev–Trinajstić information content (AvgIpc) is 3.34. The lowest BCUT2D eigenvalue weighted by molar-refractivity contribution is 0.592. The van der Waals surface area contributed by atoms with E-state index in [0.717, 1.165) is 24.3 Å². The van der Waals surface area contributed by atoms with Crippen LogP contribution in [0.5, 0.6) is 0 Å². The Bertz CT molecular complexity index is 1630. The first-order chi connectivity index (χ1) is 17.0. The van der Waals surface area contributed by atoms with Gasteiger partial charge < -0.3 is 9.80 Å². The molecule has 1 saturated heterocycles. The zero-order valence-corrected chi connectivity index (χ0v) is 20.1. The SMILES string of the molecule is O=S(=O)(c1ccccc1)c1nnn2c1nc(N1CCN(c3ccccn3)CC1)c1cc(Cl)ccc12. The Hall–Kier alpha value is -3.76. The van der Waals surface area contributed by atoms with Crippen molar-refractivity contribution in [3.63, 3.8) is 0 Å². The van der Waals surface area contributed by atoms with E-state index in [1.54, 1.807) is 42.6 Å². The molecule has 0 aliphatic carbocycles. The lowest BCUT2D eigenvalue weighted by Gasteiger charge is -2.36. The molecule has 0 atom stereocenters. The Labute approximate surface area is 206 Å². The van der Waals surface area contributed by atoms with E-state index in [1.165, 1.54) is 4.52 Å². The fourth-order valence-electron chi connectivity index (χ4n) is 4.37. The number of aromatic nitrogens is 5. The van der Waals surface area contributed by atoms with Gasteiger partial charge in [-0.3, -0.25) is 0 Å². The van der Waals surface area contributed by atoms with Gasteiger partial charge in [0.1, 0.15) is 11.6 Å². The van der Waals surface area contributed by atoms with E-state index >= 15 is 0 Å². The fourth-order valence-corrected chi connectivity index (χ4v) is 5.79. The predicted molar refractivity (Wildman–Crippen MR) is 134 cm³/mol. The van der Waals surface area contributed by atoms with Crippen LogP contribution in [0.25, 0.3) is 16.6 Å². The number of halogens is 1. The molecule has 0 spiro atoms. The molecule has 11 heteroatoms. The molecule has 0 radical (unpaired) electrons. The molecule has 3 aromatic heterocycles. The number of nitrogens with zero attached hydrogens (tertiary/aromatic N) is 7. The summed E-state index contributed by atoms with van der Waals surface area (Å²) in [6.07, 6.45) is 1.79. The Morgan fingerprint density at radius 2 is 1.60 bits per heavy atom. The molecule has 176 valence electrons. The second kappa shape index (κ2) is 8.47. The summed E-state index contributed by atoms with van der Waals surface area (Å²) in [5.74, 6) is 1.59. The van der Waals surface area contributed by atoms with Crippen molar-refractivity contribution in [2.45, 2.75) is 9.92 Å². The molecular formula is C24H20ClN7O2S. The van der Waals surface area contributed by atoms with Crippen LogP contribution in [0.15, 0.2) is 82.8 Å². The van der Waals surface area contributed by atoms with Crippen molar-refractivity contribution in [2.24, 2.45) is 0 Å². The van der Waals surface area contributed by atoms with Crippen molar-refractivity contribution in [3.8, 4) is 0 Å². The highest BCUT2D eigenvalue weighted by Gasteiger charge is 2.29. The third kappa shape index (κ3) is 3.75. The number of hydrogen-bond donors (Lipinski definition) is 0. The standard InChI is InChI=1S/C24H20ClN7O2S/c25-17-9-10-20-19(16-17)22(31-14-12-30(13-15-31)21-8-4-5-11-26-21)27-23-24(28-29-32(20)23)35(33,34)18-6-2-1-3-7-18/h1-11,16H,12-15H2. The van der Waals surface area contributed by atoms with E-state index in [9.17, 15) is 8.42 Å². The highest BCUT2D eigenvalue weighted by atomic mass is 35.5. The van der Waals surface area contributed by atoms with E-state index in [0.29, 0.717) is 29.4 Å². The monoisotopic (exact) mass is 505 g/mol. The Kier molecular flexibility index (Phi) is 5.27. The maximum absolute atomic E-state index is 13.4. The van der Waals surface area contributed by atoms with E-state index in [-0.39, 0.29) is 15.6 Å². The normalized spacial score (nSPS) is 14.7. The van der Waals surface area contributed by atoms with Crippen LogP contribution >= 0.6 is 11.6 Å². The van der Waals surface area contributed by atoms with Gasteiger partial charge in [-0.2, -0.15) is 4.52 Å². The van der Waals surface area contributed by atoms with Gasteiger partial charge in [-0.1, -0.05) is 41.1 Å². The van der Waals surface area contributed by atoms with Crippen LogP contribution < -0.4 is 9.80 Å². The number of sulfone groups is 1. The second-order valence-corrected chi connectivity index (χ2v) is 10.5. The largest absolute Gasteiger partial charge is 0.353 e. The summed E-state index contributed by atoms with van der Waals surface area (Å²) in [4.78, 5) is 13.8. The van der Waals surface area contributed by atoms with Gasteiger partial charge in [-0.05, 0) is 42.5 Å². The van der Waals surface area contributed by atoms with Gasteiger partial charge >= 0.3 is 0 Å². The summed E-state index contributed by atoms with van der Waals surface area (Å²) in [5.41, 5.74) is 0.870. The van der Waals surface area contributed by atoms with Crippen LogP contribution in [0.1, 0.15) is 0 Å². The average molecular weight is 506 g/mol. The first-order valence-electron chi connectivity index (χ1n) is 11.1. The summed E-state index contributed by atoms with van der Waals surface area (Å²) < 4.78 is 28.2. The van der Waals surface area contributed by atoms with E-state index in [2.05, 4.69) is 25.1 Å². The quantitative estimate of drug-likeness (QED) is 0.366. The molecular weight excluding hydrogens is 486 g/mol. The molecule has 2 aromatic carbocycles. The zero-order chi connectivity index (χ0) is 24.0. The van der Waals surface area contributed by atoms with Crippen LogP contribution in [0.2, 0.25) is 5.02 Å². The van der Waals surface area contributed by atoms with Gasteiger partial charge in [0.2, 0.25) is 14.9 Å². The summed E-state index contributed by atoms with van der Waals surface area (Å²) in [6, 6.07) is 19.5. The number of benzene rings is 2.